The highest BCUT2D eigenvalue weighted by molar-refractivity contribution is 6.30. The van der Waals surface area contributed by atoms with Gasteiger partial charge in [-0.15, -0.1) is 0 Å². The van der Waals surface area contributed by atoms with Gasteiger partial charge in [-0.1, -0.05) is 43.6 Å². The van der Waals surface area contributed by atoms with E-state index in [-0.39, 0.29) is 30.3 Å². The Balaban J connectivity index is 2.13. The predicted octanol–water partition coefficient (Wildman–Crippen LogP) is 2.42. The van der Waals surface area contributed by atoms with Gasteiger partial charge in [0.05, 0.1) is 12.0 Å². The van der Waals surface area contributed by atoms with Crippen molar-refractivity contribution in [3.05, 3.63) is 58.7 Å². The fourth-order valence-corrected chi connectivity index (χ4v) is 3.58. The molecule has 0 spiro atoms. The second-order valence-corrected chi connectivity index (χ2v) is 8.25. The molecule has 1 aromatic heterocycles. The van der Waals surface area contributed by atoms with Crippen molar-refractivity contribution in [1.29, 1.82) is 0 Å². The van der Waals surface area contributed by atoms with Gasteiger partial charge in [0.25, 0.3) is 0 Å². The SMILES string of the molecule is CC(C)[C@H](C(=O)NC[C@H](C(=O)NCc1ccc(N)nc1)c1cccc(Cl)c1)N(C)C. The zero-order valence-corrected chi connectivity index (χ0v) is 18.6. The van der Waals surface area contributed by atoms with Crippen molar-refractivity contribution in [2.24, 2.45) is 5.92 Å². The fourth-order valence-electron chi connectivity index (χ4n) is 3.38. The van der Waals surface area contributed by atoms with Crippen molar-refractivity contribution in [2.75, 3.05) is 26.4 Å². The van der Waals surface area contributed by atoms with Crippen molar-refractivity contribution in [1.82, 2.24) is 20.5 Å². The third-order valence-electron chi connectivity index (χ3n) is 4.82. The lowest BCUT2D eigenvalue weighted by Crippen LogP contribution is -2.48. The third-order valence-corrected chi connectivity index (χ3v) is 5.05. The highest BCUT2D eigenvalue weighted by Crippen LogP contribution is 2.20. The van der Waals surface area contributed by atoms with Gasteiger partial charge < -0.3 is 16.4 Å². The van der Waals surface area contributed by atoms with E-state index in [4.69, 9.17) is 17.3 Å². The first kappa shape index (κ1) is 23.6. The molecule has 2 aromatic rings. The van der Waals surface area contributed by atoms with Gasteiger partial charge in [0.15, 0.2) is 0 Å². The maximum atomic E-state index is 13.0. The monoisotopic (exact) mass is 431 g/mol. The molecule has 0 aliphatic carbocycles. The van der Waals surface area contributed by atoms with Crippen LogP contribution in [0.5, 0.6) is 0 Å². The summed E-state index contributed by atoms with van der Waals surface area (Å²) in [5, 5.41) is 6.38. The number of hydrogen-bond donors (Lipinski definition) is 3. The largest absolute Gasteiger partial charge is 0.384 e. The van der Waals surface area contributed by atoms with Crippen LogP contribution in [0.2, 0.25) is 5.02 Å². The number of nitrogens with zero attached hydrogens (tertiary/aromatic N) is 2. The Morgan fingerprint density at radius 1 is 1.13 bits per heavy atom. The molecule has 4 N–H and O–H groups in total. The second-order valence-electron chi connectivity index (χ2n) is 7.81. The number of halogens is 1. The Hall–Kier alpha value is -2.64. The van der Waals surface area contributed by atoms with Crippen LogP contribution in [0.25, 0.3) is 0 Å². The van der Waals surface area contributed by atoms with Gasteiger partial charge in [0.2, 0.25) is 11.8 Å². The first-order valence-electron chi connectivity index (χ1n) is 9.86. The van der Waals surface area contributed by atoms with Crippen LogP contribution in [0.3, 0.4) is 0 Å². The van der Waals surface area contributed by atoms with Crippen LogP contribution in [-0.2, 0) is 16.1 Å². The number of amides is 2. The van der Waals surface area contributed by atoms with E-state index in [1.165, 1.54) is 0 Å². The van der Waals surface area contributed by atoms with E-state index in [1.54, 1.807) is 30.5 Å². The number of aromatic nitrogens is 1. The number of nitrogens with two attached hydrogens (primary N) is 1. The number of hydrogen-bond acceptors (Lipinski definition) is 5. The zero-order valence-electron chi connectivity index (χ0n) is 17.9. The summed E-state index contributed by atoms with van der Waals surface area (Å²) in [7, 11) is 3.73. The number of pyridine rings is 1. The van der Waals surface area contributed by atoms with E-state index >= 15 is 0 Å². The molecule has 0 radical (unpaired) electrons. The third kappa shape index (κ3) is 6.71. The highest BCUT2D eigenvalue weighted by Gasteiger charge is 2.27. The fraction of sp³-hybridized carbons (Fsp3) is 0.409. The summed E-state index contributed by atoms with van der Waals surface area (Å²) in [5.41, 5.74) is 7.17. The molecular formula is C22H30ClN5O2. The number of nitrogens with one attached hydrogen (secondary N) is 2. The minimum Gasteiger partial charge on any atom is -0.384 e. The quantitative estimate of drug-likeness (QED) is 0.566. The Bertz CT molecular complexity index is 847. The van der Waals surface area contributed by atoms with Crippen LogP contribution in [-0.4, -0.2) is 48.4 Å². The van der Waals surface area contributed by atoms with E-state index in [2.05, 4.69) is 15.6 Å². The highest BCUT2D eigenvalue weighted by atomic mass is 35.5. The molecule has 1 aromatic carbocycles. The van der Waals surface area contributed by atoms with Crippen LogP contribution >= 0.6 is 11.6 Å². The van der Waals surface area contributed by atoms with E-state index in [9.17, 15) is 9.59 Å². The van der Waals surface area contributed by atoms with Crippen molar-refractivity contribution >= 4 is 29.2 Å². The van der Waals surface area contributed by atoms with Gasteiger partial charge >= 0.3 is 0 Å². The van der Waals surface area contributed by atoms with Crippen molar-refractivity contribution in [3.8, 4) is 0 Å². The summed E-state index contributed by atoms with van der Waals surface area (Å²) < 4.78 is 0. The maximum Gasteiger partial charge on any atom is 0.237 e. The van der Waals surface area contributed by atoms with Crippen molar-refractivity contribution in [3.63, 3.8) is 0 Å². The number of carbonyl (C=O) groups excluding carboxylic acids is 2. The Morgan fingerprint density at radius 2 is 1.87 bits per heavy atom. The zero-order chi connectivity index (χ0) is 22.3. The minimum absolute atomic E-state index is 0.113. The lowest BCUT2D eigenvalue weighted by atomic mass is 9.97. The molecule has 2 atom stereocenters. The first-order chi connectivity index (χ1) is 14.2. The molecule has 0 fully saturated rings. The first-order valence-corrected chi connectivity index (χ1v) is 10.2. The molecule has 0 bridgehead atoms. The summed E-state index contributed by atoms with van der Waals surface area (Å²) in [4.78, 5) is 31.6. The van der Waals surface area contributed by atoms with Gasteiger partial charge in [0, 0.05) is 24.3 Å². The minimum atomic E-state index is -0.579. The molecule has 162 valence electrons. The van der Waals surface area contributed by atoms with Crippen LogP contribution < -0.4 is 16.4 Å². The maximum absolute atomic E-state index is 13.0. The molecular weight excluding hydrogens is 402 g/mol. The summed E-state index contributed by atoms with van der Waals surface area (Å²) in [6.07, 6.45) is 1.62. The molecule has 1 heterocycles. The molecule has 0 saturated carbocycles. The molecule has 7 nitrogen and oxygen atoms in total. The van der Waals surface area contributed by atoms with Gasteiger partial charge in [-0.2, -0.15) is 0 Å². The number of rotatable bonds is 9. The summed E-state index contributed by atoms with van der Waals surface area (Å²) in [6.45, 7) is 4.46. The number of likely N-dealkylation sites (N-methyl/N-ethyl adjacent to an activating group) is 1. The molecule has 8 heteroatoms. The second kappa shape index (κ2) is 10.9. The molecule has 0 aliphatic rings. The molecule has 30 heavy (non-hydrogen) atoms. The van der Waals surface area contributed by atoms with Crippen LogP contribution in [0.1, 0.15) is 30.9 Å². The van der Waals surface area contributed by atoms with Gasteiger partial charge in [-0.25, -0.2) is 4.98 Å². The van der Waals surface area contributed by atoms with Gasteiger partial charge in [-0.3, -0.25) is 14.5 Å². The van der Waals surface area contributed by atoms with Crippen LogP contribution in [0.15, 0.2) is 42.6 Å². The lowest BCUT2D eigenvalue weighted by Gasteiger charge is -2.27. The van der Waals surface area contributed by atoms with E-state index in [0.29, 0.717) is 17.4 Å². The summed E-state index contributed by atoms with van der Waals surface area (Å²) in [5.74, 6) is -0.344. The Labute approximate surface area is 183 Å². The van der Waals surface area contributed by atoms with Gasteiger partial charge in [-0.05, 0) is 49.3 Å². The summed E-state index contributed by atoms with van der Waals surface area (Å²) in [6, 6.07) is 10.3. The van der Waals surface area contributed by atoms with Crippen molar-refractivity contribution < 1.29 is 9.59 Å². The smallest absolute Gasteiger partial charge is 0.237 e. The summed E-state index contributed by atoms with van der Waals surface area (Å²) >= 11 is 6.13. The standard InChI is InChI=1S/C22H30ClN5O2/c1-14(2)20(28(3)4)22(30)27-13-18(16-6-5-7-17(23)10-16)21(29)26-12-15-8-9-19(24)25-11-15/h5-11,14,18,20H,12-13H2,1-4H3,(H2,24,25)(H,26,29)(H,27,30)/t18-,20+/m0/s1. The molecule has 0 saturated heterocycles. The average Bonchev–Trinajstić information content (AvgIpc) is 2.67. The lowest BCUT2D eigenvalue weighted by molar-refractivity contribution is -0.127. The van der Waals surface area contributed by atoms with Gasteiger partial charge in [0.1, 0.15) is 5.82 Å². The normalized spacial score (nSPS) is 13.2. The number of nitrogen functional groups attached to an aromatic ring is 1. The molecule has 2 rings (SSSR count). The predicted molar refractivity (Wildman–Crippen MR) is 120 cm³/mol. The Kier molecular flexibility index (Phi) is 8.62. The number of benzene rings is 1. The van der Waals surface area contributed by atoms with Crippen LogP contribution in [0.4, 0.5) is 5.82 Å². The van der Waals surface area contributed by atoms with E-state index in [0.717, 1.165) is 11.1 Å². The molecule has 0 unspecified atom stereocenters. The molecule has 2 amide bonds. The number of anilines is 1. The van der Waals surface area contributed by atoms with Crippen molar-refractivity contribution in [2.45, 2.75) is 32.4 Å². The van der Waals surface area contributed by atoms with E-state index in [1.807, 2.05) is 45.0 Å². The Morgan fingerprint density at radius 3 is 2.43 bits per heavy atom. The topological polar surface area (TPSA) is 100 Å². The average molecular weight is 432 g/mol. The number of carbonyl (C=O) groups is 2. The van der Waals surface area contributed by atoms with E-state index < -0.39 is 5.92 Å². The van der Waals surface area contributed by atoms with Crippen LogP contribution in [0, 0.1) is 5.92 Å². The molecule has 0 aliphatic heterocycles.